The molecule has 0 saturated heterocycles. The van der Waals surface area contributed by atoms with E-state index in [1.54, 1.807) is 22.0 Å². The lowest BCUT2D eigenvalue weighted by Gasteiger charge is -2.23. The number of anilines is 1. The fraction of sp³-hybridized carbons (Fsp3) is 0.324. The van der Waals surface area contributed by atoms with Crippen molar-refractivity contribution in [1.29, 1.82) is 0 Å². The summed E-state index contributed by atoms with van der Waals surface area (Å²) >= 11 is 12.6. The predicted molar refractivity (Wildman–Crippen MR) is 176 cm³/mol. The van der Waals surface area contributed by atoms with Crippen LogP contribution in [0.5, 0.6) is 11.5 Å². The number of benzene rings is 3. The number of fused-ring (bicyclic) bond motifs is 1. The summed E-state index contributed by atoms with van der Waals surface area (Å²) in [4.78, 5) is 27.5. The maximum atomic E-state index is 15.1. The molecule has 1 aliphatic rings. The topological polar surface area (TPSA) is 106 Å². The number of hydrogen-bond acceptors (Lipinski definition) is 6. The van der Waals surface area contributed by atoms with E-state index in [0.717, 1.165) is 22.8 Å². The van der Waals surface area contributed by atoms with Crippen LogP contribution < -0.4 is 19.7 Å². The van der Waals surface area contributed by atoms with Crippen LogP contribution in [0.1, 0.15) is 47.2 Å². The van der Waals surface area contributed by atoms with Gasteiger partial charge in [0.25, 0.3) is 5.91 Å². The standard InChI is InChI=1S/C34H35Cl2FN4O5/c1-22-27(35)8-3-10-31(22)45-15-4-11-32(43)41-13-6-16-46-33-25(7-2-9-30(33)41)24-19-39-40(20-24)21-26-28(36)17-23(18-29(26)37)34(44)38-12-5-14-42/h2-3,7-10,17-20,42H,4-6,11-16,21H2,1H3,(H,38,44). The minimum absolute atomic E-state index is 0.0262. The van der Waals surface area contributed by atoms with Gasteiger partial charge in [0.15, 0.2) is 5.75 Å². The van der Waals surface area contributed by atoms with Crippen molar-refractivity contribution in [3.8, 4) is 22.6 Å². The number of rotatable bonds is 12. The Balaban J connectivity index is 1.27. The summed E-state index contributed by atoms with van der Waals surface area (Å²) in [6.45, 7) is 3.49. The molecule has 4 aromatic rings. The van der Waals surface area contributed by atoms with Crippen molar-refractivity contribution in [1.82, 2.24) is 15.1 Å². The van der Waals surface area contributed by atoms with E-state index in [4.69, 9.17) is 37.8 Å². The Kier molecular flexibility index (Phi) is 11.2. The number of halogens is 3. The fourth-order valence-corrected chi connectivity index (χ4v) is 5.63. The number of para-hydroxylation sites is 1. The summed E-state index contributed by atoms with van der Waals surface area (Å²) in [6.07, 6.45) is 5.32. The van der Waals surface area contributed by atoms with E-state index in [0.29, 0.717) is 67.7 Å². The van der Waals surface area contributed by atoms with Gasteiger partial charge < -0.3 is 24.8 Å². The number of nitrogens with zero attached hydrogens (tertiary/aromatic N) is 3. The van der Waals surface area contributed by atoms with Gasteiger partial charge >= 0.3 is 0 Å². The molecule has 0 aliphatic carbocycles. The second-order valence-corrected chi connectivity index (χ2v) is 11.7. The summed E-state index contributed by atoms with van der Waals surface area (Å²) in [5.41, 5.74) is 3.32. The van der Waals surface area contributed by atoms with Crippen molar-refractivity contribution in [2.24, 2.45) is 0 Å². The highest BCUT2D eigenvalue weighted by molar-refractivity contribution is 6.32. The van der Waals surface area contributed by atoms with Crippen LogP contribution in [-0.4, -0.2) is 59.6 Å². The molecule has 3 aromatic carbocycles. The lowest BCUT2D eigenvalue weighted by molar-refractivity contribution is -0.118. The molecule has 2 amide bonds. The van der Waals surface area contributed by atoms with E-state index in [1.807, 2.05) is 43.3 Å². The molecule has 0 fully saturated rings. The Morgan fingerprint density at radius 1 is 1.13 bits per heavy atom. The lowest BCUT2D eigenvalue weighted by atomic mass is 10.1. The number of hydrogen-bond donors (Lipinski definition) is 2. The van der Waals surface area contributed by atoms with E-state index in [-0.39, 0.29) is 41.8 Å². The molecule has 0 unspecified atom stereocenters. The van der Waals surface area contributed by atoms with Gasteiger partial charge in [-0.25, -0.2) is 4.39 Å². The van der Waals surface area contributed by atoms with Crippen molar-refractivity contribution in [2.75, 3.05) is 37.8 Å². The van der Waals surface area contributed by atoms with Gasteiger partial charge in [-0.1, -0.05) is 41.4 Å². The van der Waals surface area contributed by atoms with E-state index in [9.17, 15) is 9.59 Å². The number of aliphatic hydroxyl groups is 1. The molecule has 2 heterocycles. The number of carbonyl (C=O) groups is 2. The van der Waals surface area contributed by atoms with Gasteiger partial charge in [0.05, 0.1) is 31.6 Å². The maximum absolute atomic E-state index is 15.1. The average Bonchev–Trinajstić information content (AvgIpc) is 3.40. The highest BCUT2D eigenvalue weighted by Gasteiger charge is 2.25. The zero-order valence-electron chi connectivity index (χ0n) is 25.4. The molecule has 1 aliphatic heterocycles. The zero-order valence-corrected chi connectivity index (χ0v) is 26.9. The highest BCUT2D eigenvalue weighted by atomic mass is 35.5. The van der Waals surface area contributed by atoms with Gasteiger partial charge in [0.1, 0.15) is 11.6 Å². The Hall–Kier alpha value is -4.12. The minimum Gasteiger partial charge on any atom is -0.493 e. The number of carbonyl (C=O) groups excluding carboxylic acids is 2. The lowest BCUT2D eigenvalue weighted by Crippen LogP contribution is -2.31. The zero-order chi connectivity index (χ0) is 32.6. The Morgan fingerprint density at radius 2 is 1.96 bits per heavy atom. The van der Waals surface area contributed by atoms with Gasteiger partial charge in [-0.05, 0) is 56.5 Å². The van der Waals surface area contributed by atoms with Crippen LogP contribution in [0.25, 0.3) is 11.1 Å². The Morgan fingerprint density at radius 3 is 2.76 bits per heavy atom. The second-order valence-electron chi connectivity index (χ2n) is 10.9. The molecule has 46 heavy (non-hydrogen) atoms. The first-order valence-electron chi connectivity index (χ1n) is 15.1. The predicted octanol–water partition coefficient (Wildman–Crippen LogP) is 6.44. The van der Waals surface area contributed by atoms with Crippen molar-refractivity contribution in [2.45, 2.75) is 39.2 Å². The number of aromatic nitrogens is 2. The Labute approximate surface area is 276 Å². The maximum Gasteiger partial charge on any atom is 0.251 e. The third-order valence-corrected chi connectivity index (χ3v) is 8.40. The largest absolute Gasteiger partial charge is 0.493 e. The van der Waals surface area contributed by atoms with Crippen LogP contribution in [-0.2, 0) is 11.3 Å². The summed E-state index contributed by atoms with van der Waals surface area (Å²) in [5.74, 6) is 0.163. The fourth-order valence-electron chi connectivity index (χ4n) is 5.20. The van der Waals surface area contributed by atoms with Gasteiger partial charge in [-0.15, -0.1) is 0 Å². The molecule has 9 nitrogen and oxygen atoms in total. The van der Waals surface area contributed by atoms with Crippen molar-refractivity contribution >= 4 is 40.7 Å². The highest BCUT2D eigenvalue weighted by Crippen LogP contribution is 2.40. The van der Waals surface area contributed by atoms with Gasteiger partial charge in [-0.2, -0.15) is 5.10 Å². The smallest absolute Gasteiger partial charge is 0.251 e. The average molecular weight is 670 g/mol. The van der Waals surface area contributed by atoms with E-state index >= 15 is 4.39 Å². The van der Waals surface area contributed by atoms with E-state index < -0.39 is 11.7 Å². The normalized spacial score (nSPS) is 12.7. The molecule has 0 bridgehead atoms. The molecule has 0 saturated carbocycles. The van der Waals surface area contributed by atoms with E-state index in [2.05, 4.69) is 10.4 Å². The molecule has 0 atom stereocenters. The van der Waals surface area contributed by atoms with Crippen LogP contribution in [0.15, 0.2) is 60.9 Å². The molecule has 2 N–H and O–H groups in total. The molecule has 0 spiro atoms. The van der Waals surface area contributed by atoms with Crippen LogP contribution in [0.4, 0.5) is 10.1 Å². The van der Waals surface area contributed by atoms with Gasteiger partial charge in [0, 0.05) is 70.2 Å². The van der Waals surface area contributed by atoms with Gasteiger partial charge in [0.2, 0.25) is 5.91 Å². The number of nitrogens with one attached hydrogen (secondary N) is 1. The van der Waals surface area contributed by atoms with Crippen LogP contribution in [0, 0.1) is 12.7 Å². The summed E-state index contributed by atoms with van der Waals surface area (Å²) in [7, 11) is 0. The van der Waals surface area contributed by atoms with Crippen LogP contribution in [0.2, 0.25) is 10.0 Å². The first kappa shape index (κ1) is 33.2. The van der Waals surface area contributed by atoms with Crippen molar-refractivity contribution in [3.05, 3.63) is 93.5 Å². The molecular weight excluding hydrogens is 634 g/mol. The Bertz CT molecular complexity index is 1690. The number of aliphatic hydroxyl groups excluding tert-OH is 1. The first-order valence-corrected chi connectivity index (χ1v) is 15.9. The van der Waals surface area contributed by atoms with Crippen LogP contribution >= 0.6 is 23.2 Å². The summed E-state index contributed by atoms with van der Waals surface area (Å²) < 4.78 is 28.7. The monoisotopic (exact) mass is 668 g/mol. The third kappa shape index (κ3) is 7.81. The summed E-state index contributed by atoms with van der Waals surface area (Å²) in [6, 6.07) is 13.7. The van der Waals surface area contributed by atoms with Crippen molar-refractivity contribution < 1.29 is 28.6 Å². The molecule has 242 valence electrons. The second kappa shape index (κ2) is 15.4. The van der Waals surface area contributed by atoms with Crippen molar-refractivity contribution in [3.63, 3.8) is 0 Å². The number of ether oxygens (including phenoxy) is 2. The molecular formula is C34H35Cl2FN4O5. The summed E-state index contributed by atoms with van der Waals surface area (Å²) in [5, 5.41) is 16.7. The molecule has 1 aromatic heterocycles. The van der Waals surface area contributed by atoms with Gasteiger partial charge in [-0.3, -0.25) is 14.3 Å². The quantitative estimate of drug-likeness (QED) is 0.168. The minimum atomic E-state index is -0.629. The van der Waals surface area contributed by atoms with E-state index in [1.165, 1.54) is 6.07 Å². The SMILES string of the molecule is Cc1c(Cl)cccc1OCCCC(=O)N1CCCOc2c(-c3cnn(Cc4c(F)cc(C(=O)NCCCO)cc4Cl)c3)cccc21. The molecule has 12 heteroatoms. The first-order chi connectivity index (χ1) is 22.3. The van der Waals surface area contributed by atoms with Crippen LogP contribution in [0.3, 0.4) is 0 Å². The third-order valence-electron chi connectivity index (χ3n) is 7.66. The number of amides is 2. The molecule has 5 rings (SSSR count). The molecule has 0 radical (unpaired) electrons.